The summed E-state index contributed by atoms with van der Waals surface area (Å²) in [7, 11) is 0. The maximum Gasteiger partial charge on any atom is -0.0251 e. The Kier molecular flexibility index (Phi) is 3.35. The molecule has 13 heavy (non-hydrogen) atoms. The van der Waals surface area contributed by atoms with E-state index in [0.29, 0.717) is 5.92 Å². The molecule has 0 radical (unpaired) electrons. The lowest BCUT2D eigenvalue weighted by atomic mass is 9.78. The molecule has 0 aliphatic heterocycles. The monoisotopic (exact) mass is 178 g/mol. The largest absolute Gasteiger partial charge is 0.0958 e. The third-order valence-electron chi connectivity index (χ3n) is 3.06. The van der Waals surface area contributed by atoms with E-state index >= 15 is 0 Å². The zero-order chi connectivity index (χ0) is 10.0. The first-order valence-electron chi connectivity index (χ1n) is 5.40. The third kappa shape index (κ3) is 2.46. The van der Waals surface area contributed by atoms with Crippen LogP contribution < -0.4 is 0 Å². The van der Waals surface area contributed by atoms with Gasteiger partial charge in [0.2, 0.25) is 0 Å². The van der Waals surface area contributed by atoms with Gasteiger partial charge in [0.15, 0.2) is 0 Å². The van der Waals surface area contributed by atoms with Gasteiger partial charge in [-0.15, -0.1) is 0 Å². The van der Waals surface area contributed by atoms with E-state index < -0.39 is 0 Å². The van der Waals surface area contributed by atoms with Crippen LogP contribution in [-0.4, -0.2) is 0 Å². The summed E-state index contributed by atoms with van der Waals surface area (Å²) < 4.78 is 0. The lowest BCUT2D eigenvalue weighted by molar-refractivity contribution is 0.475. The smallest absolute Gasteiger partial charge is 0.0251 e. The SMILES string of the molecule is C=C(C)C1=C(C(C)C)CCC(C)C1. The van der Waals surface area contributed by atoms with E-state index in [9.17, 15) is 0 Å². The molecule has 0 nitrogen and oxygen atoms in total. The summed E-state index contributed by atoms with van der Waals surface area (Å²) in [5.74, 6) is 1.56. The molecule has 1 atom stereocenters. The molecule has 0 amide bonds. The highest BCUT2D eigenvalue weighted by Crippen LogP contribution is 2.35. The van der Waals surface area contributed by atoms with Crippen LogP contribution in [0.3, 0.4) is 0 Å². The predicted octanol–water partition coefficient (Wildman–Crippen LogP) is 4.34. The second-order valence-corrected chi connectivity index (χ2v) is 4.79. The first kappa shape index (κ1) is 10.6. The molecule has 0 bridgehead atoms. The first-order chi connectivity index (χ1) is 6.02. The van der Waals surface area contributed by atoms with Crippen molar-refractivity contribution < 1.29 is 0 Å². The van der Waals surface area contributed by atoms with Crippen molar-refractivity contribution in [3.63, 3.8) is 0 Å². The summed E-state index contributed by atoms with van der Waals surface area (Å²) in [6.45, 7) is 13.2. The van der Waals surface area contributed by atoms with Crippen LogP contribution in [0.15, 0.2) is 23.3 Å². The Hall–Kier alpha value is -0.520. The molecule has 0 aromatic heterocycles. The van der Waals surface area contributed by atoms with Crippen molar-refractivity contribution in [2.75, 3.05) is 0 Å². The maximum absolute atomic E-state index is 4.09. The summed E-state index contributed by atoms with van der Waals surface area (Å²) in [5, 5.41) is 0. The molecule has 1 aliphatic carbocycles. The molecule has 1 aliphatic rings. The molecule has 0 aromatic carbocycles. The number of hydrogen-bond donors (Lipinski definition) is 0. The highest BCUT2D eigenvalue weighted by molar-refractivity contribution is 5.34. The minimum absolute atomic E-state index is 0.708. The van der Waals surface area contributed by atoms with Crippen LogP contribution in [0.2, 0.25) is 0 Å². The highest BCUT2D eigenvalue weighted by atomic mass is 14.2. The molecule has 0 aromatic rings. The fourth-order valence-electron chi connectivity index (χ4n) is 2.22. The topological polar surface area (TPSA) is 0 Å². The normalized spacial score (nSPS) is 23.9. The average molecular weight is 178 g/mol. The van der Waals surface area contributed by atoms with Gasteiger partial charge >= 0.3 is 0 Å². The molecule has 0 spiro atoms. The van der Waals surface area contributed by atoms with Crippen LogP contribution in [0, 0.1) is 11.8 Å². The van der Waals surface area contributed by atoms with Gasteiger partial charge in [-0.3, -0.25) is 0 Å². The van der Waals surface area contributed by atoms with Crippen molar-refractivity contribution in [3.05, 3.63) is 23.3 Å². The van der Waals surface area contributed by atoms with Crippen molar-refractivity contribution in [2.24, 2.45) is 11.8 Å². The lowest BCUT2D eigenvalue weighted by Gasteiger charge is -2.27. The summed E-state index contributed by atoms with van der Waals surface area (Å²) in [5.41, 5.74) is 4.51. The molecule has 0 heteroatoms. The van der Waals surface area contributed by atoms with E-state index in [4.69, 9.17) is 0 Å². The molecule has 1 rings (SSSR count). The minimum atomic E-state index is 0.708. The zero-order valence-electron chi connectivity index (χ0n) is 9.48. The summed E-state index contributed by atoms with van der Waals surface area (Å²) in [6, 6.07) is 0. The van der Waals surface area contributed by atoms with Gasteiger partial charge < -0.3 is 0 Å². The Balaban J connectivity index is 2.94. The van der Waals surface area contributed by atoms with E-state index in [1.54, 1.807) is 11.1 Å². The maximum atomic E-state index is 4.09. The van der Waals surface area contributed by atoms with Gasteiger partial charge in [0.25, 0.3) is 0 Å². The molecule has 0 heterocycles. The van der Waals surface area contributed by atoms with Crippen molar-refractivity contribution in [1.82, 2.24) is 0 Å². The molecule has 0 fully saturated rings. The Morgan fingerprint density at radius 2 is 2.08 bits per heavy atom. The average Bonchev–Trinajstić information content (AvgIpc) is 2.03. The molecular weight excluding hydrogens is 156 g/mol. The van der Waals surface area contributed by atoms with Gasteiger partial charge in [-0.1, -0.05) is 38.5 Å². The minimum Gasteiger partial charge on any atom is -0.0958 e. The predicted molar refractivity (Wildman–Crippen MR) is 59.7 cm³/mol. The summed E-state index contributed by atoms with van der Waals surface area (Å²) >= 11 is 0. The van der Waals surface area contributed by atoms with Crippen molar-refractivity contribution in [1.29, 1.82) is 0 Å². The molecule has 0 saturated heterocycles. The van der Waals surface area contributed by atoms with Gasteiger partial charge in [0.05, 0.1) is 0 Å². The Morgan fingerprint density at radius 1 is 1.46 bits per heavy atom. The summed E-state index contributed by atoms with van der Waals surface area (Å²) in [6.07, 6.45) is 3.91. The van der Waals surface area contributed by atoms with Crippen molar-refractivity contribution in [2.45, 2.75) is 47.0 Å². The van der Waals surface area contributed by atoms with E-state index in [-0.39, 0.29) is 0 Å². The second-order valence-electron chi connectivity index (χ2n) is 4.79. The first-order valence-corrected chi connectivity index (χ1v) is 5.40. The van der Waals surface area contributed by atoms with Gasteiger partial charge in [0, 0.05) is 0 Å². The van der Waals surface area contributed by atoms with Crippen molar-refractivity contribution >= 4 is 0 Å². The zero-order valence-corrected chi connectivity index (χ0v) is 9.48. The standard InChI is InChI=1S/C13H22/c1-9(2)12-7-6-11(5)8-13(12)10(3)4/h9,11H,3,6-8H2,1-2,4-5H3. The van der Waals surface area contributed by atoms with E-state index in [1.165, 1.54) is 24.8 Å². The number of hydrogen-bond acceptors (Lipinski definition) is 0. The van der Waals surface area contributed by atoms with Crippen LogP contribution in [0.5, 0.6) is 0 Å². The fourth-order valence-corrected chi connectivity index (χ4v) is 2.22. The van der Waals surface area contributed by atoms with Gasteiger partial charge in [-0.05, 0) is 43.6 Å². The molecule has 1 unspecified atom stereocenters. The summed E-state index contributed by atoms with van der Waals surface area (Å²) in [4.78, 5) is 0. The molecule has 74 valence electrons. The quantitative estimate of drug-likeness (QED) is 0.590. The number of rotatable bonds is 2. The Bertz CT molecular complexity index is 230. The van der Waals surface area contributed by atoms with E-state index in [0.717, 1.165) is 5.92 Å². The highest BCUT2D eigenvalue weighted by Gasteiger charge is 2.19. The second kappa shape index (κ2) is 4.13. The van der Waals surface area contributed by atoms with E-state index in [2.05, 4.69) is 34.3 Å². The Labute approximate surface area is 82.7 Å². The van der Waals surface area contributed by atoms with Gasteiger partial charge in [0.1, 0.15) is 0 Å². The van der Waals surface area contributed by atoms with Crippen molar-refractivity contribution in [3.8, 4) is 0 Å². The van der Waals surface area contributed by atoms with Crippen LogP contribution in [0.25, 0.3) is 0 Å². The lowest BCUT2D eigenvalue weighted by Crippen LogP contribution is -2.11. The van der Waals surface area contributed by atoms with E-state index in [1.807, 2.05) is 0 Å². The fraction of sp³-hybridized carbons (Fsp3) is 0.692. The number of allylic oxidation sites excluding steroid dienone is 3. The van der Waals surface area contributed by atoms with Gasteiger partial charge in [-0.25, -0.2) is 0 Å². The van der Waals surface area contributed by atoms with Crippen LogP contribution >= 0.6 is 0 Å². The van der Waals surface area contributed by atoms with Gasteiger partial charge in [-0.2, -0.15) is 0 Å². The Morgan fingerprint density at radius 3 is 2.54 bits per heavy atom. The molecular formula is C13H22. The van der Waals surface area contributed by atoms with Crippen LogP contribution in [-0.2, 0) is 0 Å². The van der Waals surface area contributed by atoms with Crippen LogP contribution in [0.1, 0.15) is 47.0 Å². The van der Waals surface area contributed by atoms with Crippen LogP contribution in [0.4, 0.5) is 0 Å². The third-order valence-corrected chi connectivity index (χ3v) is 3.06. The molecule has 0 saturated carbocycles. The molecule has 0 N–H and O–H groups in total.